The van der Waals surface area contributed by atoms with Crippen LogP contribution in [-0.4, -0.2) is 27.6 Å². The maximum atomic E-state index is 14.0. The molecule has 0 N–H and O–H groups in total. The van der Waals surface area contributed by atoms with Crippen molar-refractivity contribution in [2.45, 2.75) is 13.0 Å². The third-order valence-corrected chi connectivity index (χ3v) is 4.22. The Hall–Kier alpha value is -3.09. The first-order valence-electron chi connectivity index (χ1n) is 7.91. The first kappa shape index (κ1) is 17.7. The predicted octanol–water partition coefficient (Wildman–Crippen LogP) is 4.12. The number of aromatic nitrogens is 2. The molecule has 3 aromatic rings. The standard InChI is InChI=1S/C19H16F3N3O/c1-12(14-11-13(20)7-8-15(14)21)24(2)19(26)17-9-10-25(23-17)18-6-4-3-5-16(18)22/h3-12H,1-2H3. The van der Waals surface area contributed by atoms with E-state index in [2.05, 4.69) is 5.10 Å². The first-order valence-corrected chi connectivity index (χ1v) is 7.91. The summed E-state index contributed by atoms with van der Waals surface area (Å²) >= 11 is 0. The van der Waals surface area contributed by atoms with E-state index in [-0.39, 0.29) is 16.9 Å². The van der Waals surface area contributed by atoms with Crippen LogP contribution in [-0.2, 0) is 0 Å². The van der Waals surface area contributed by atoms with Gasteiger partial charge in [0.25, 0.3) is 5.91 Å². The van der Waals surface area contributed by atoms with Gasteiger partial charge in [0.15, 0.2) is 5.69 Å². The van der Waals surface area contributed by atoms with Gasteiger partial charge in [0, 0.05) is 18.8 Å². The summed E-state index contributed by atoms with van der Waals surface area (Å²) in [5, 5.41) is 4.10. The molecule has 1 atom stereocenters. The Bertz CT molecular complexity index is 955. The van der Waals surface area contributed by atoms with Gasteiger partial charge in [-0.05, 0) is 43.3 Å². The molecule has 0 spiro atoms. The summed E-state index contributed by atoms with van der Waals surface area (Å²) in [5.41, 5.74) is 0.340. The van der Waals surface area contributed by atoms with Gasteiger partial charge >= 0.3 is 0 Å². The van der Waals surface area contributed by atoms with E-state index in [0.717, 1.165) is 18.2 Å². The van der Waals surface area contributed by atoms with Gasteiger partial charge < -0.3 is 4.90 Å². The lowest BCUT2D eigenvalue weighted by molar-refractivity contribution is 0.0733. The Morgan fingerprint density at radius 2 is 1.81 bits per heavy atom. The van der Waals surface area contributed by atoms with Crippen LogP contribution in [0.25, 0.3) is 5.69 Å². The summed E-state index contributed by atoms with van der Waals surface area (Å²) < 4.78 is 42.4. The van der Waals surface area contributed by atoms with Crippen LogP contribution in [0.4, 0.5) is 13.2 Å². The number of amides is 1. The highest BCUT2D eigenvalue weighted by atomic mass is 19.1. The third kappa shape index (κ3) is 3.33. The molecule has 1 aromatic heterocycles. The van der Waals surface area contributed by atoms with Crippen LogP contribution in [0.3, 0.4) is 0 Å². The summed E-state index contributed by atoms with van der Waals surface area (Å²) in [5.74, 6) is -2.15. The van der Waals surface area contributed by atoms with Crippen molar-refractivity contribution in [3.8, 4) is 5.69 Å². The van der Waals surface area contributed by atoms with Gasteiger partial charge in [-0.15, -0.1) is 0 Å². The van der Waals surface area contributed by atoms with Crippen LogP contribution in [0.15, 0.2) is 54.7 Å². The zero-order valence-electron chi connectivity index (χ0n) is 14.2. The summed E-state index contributed by atoms with van der Waals surface area (Å²) in [6.07, 6.45) is 1.47. The van der Waals surface area contributed by atoms with Crippen LogP contribution in [0, 0.1) is 17.5 Å². The van der Waals surface area contributed by atoms with Gasteiger partial charge in [-0.3, -0.25) is 4.79 Å². The normalized spacial score (nSPS) is 12.0. The molecule has 134 valence electrons. The van der Waals surface area contributed by atoms with Crippen LogP contribution in [0.5, 0.6) is 0 Å². The van der Waals surface area contributed by atoms with Crippen molar-refractivity contribution in [3.63, 3.8) is 0 Å². The Kier molecular flexibility index (Phi) is 4.79. The molecule has 3 rings (SSSR count). The zero-order valence-corrected chi connectivity index (χ0v) is 14.2. The molecule has 1 heterocycles. The first-order chi connectivity index (χ1) is 12.4. The molecule has 0 bridgehead atoms. The zero-order chi connectivity index (χ0) is 18.8. The molecule has 7 heteroatoms. The molecule has 0 aliphatic heterocycles. The summed E-state index contributed by atoms with van der Waals surface area (Å²) in [7, 11) is 1.47. The van der Waals surface area contributed by atoms with E-state index in [1.165, 1.54) is 41.0 Å². The monoisotopic (exact) mass is 359 g/mol. The summed E-state index contributed by atoms with van der Waals surface area (Å²) in [6.45, 7) is 1.59. The van der Waals surface area contributed by atoms with E-state index in [9.17, 15) is 18.0 Å². The molecule has 0 aliphatic carbocycles. The number of hydrogen-bond acceptors (Lipinski definition) is 2. The van der Waals surface area contributed by atoms with Crippen molar-refractivity contribution in [3.05, 3.63) is 83.4 Å². The highest BCUT2D eigenvalue weighted by Crippen LogP contribution is 2.24. The van der Waals surface area contributed by atoms with E-state index >= 15 is 0 Å². The highest BCUT2D eigenvalue weighted by Gasteiger charge is 2.23. The largest absolute Gasteiger partial charge is 0.333 e. The number of nitrogens with zero attached hydrogens (tertiary/aromatic N) is 3. The van der Waals surface area contributed by atoms with Crippen LogP contribution in [0.1, 0.15) is 29.0 Å². The predicted molar refractivity (Wildman–Crippen MR) is 90.4 cm³/mol. The molecular weight excluding hydrogens is 343 g/mol. The van der Waals surface area contributed by atoms with Crippen LogP contribution in [0.2, 0.25) is 0 Å². The number of hydrogen-bond donors (Lipinski definition) is 0. The third-order valence-electron chi connectivity index (χ3n) is 4.22. The minimum Gasteiger partial charge on any atom is -0.333 e. The number of carbonyl (C=O) groups excluding carboxylic acids is 1. The van der Waals surface area contributed by atoms with E-state index < -0.39 is 29.4 Å². The fourth-order valence-electron chi connectivity index (χ4n) is 2.61. The second-order valence-corrected chi connectivity index (χ2v) is 5.85. The topological polar surface area (TPSA) is 38.1 Å². The number of halogens is 3. The second-order valence-electron chi connectivity index (χ2n) is 5.85. The highest BCUT2D eigenvalue weighted by molar-refractivity contribution is 5.92. The van der Waals surface area contributed by atoms with E-state index in [0.29, 0.717) is 0 Å². The number of para-hydroxylation sites is 1. The smallest absolute Gasteiger partial charge is 0.274 e. The minimum absolute atomic E-state index is 0.0642. The average Bonchev–Trinajstić information content (AvgIpc) is 3.12. The molecule has 1 unspecified atom stereocenters. The van der Waals surface area contributed by atoms with Crippen molar-refractivity contribution >= 4 is 5.91 Å². The van der Waals surface area contributed by atoms with E-state index in [1.807, 2.05) is 0 Å². The lowest BCUT2D eigenvalue weighted by Gasteiger charge is -2.25. The van der Waals surface area contributed by atoms with Gasteiger partial charge in [0.1, 0.15) is 23.1 Å². The SMILES string of the molecule is CC(c1cc(F)ccc1F)N(C)C(=O)c1ccn(-c2ccccc2F)n1. The number of rotatable bonds is 4. The van der Waals surface area contributed by atoms with Crippen molar-refractivity contribution in [2.24, 2.45) is 0 Å². The van der Waals surface area contributed by atoms with Crippen molar-refractivity contribution in [1.82, 2.24) is 14.7 Å². The molecule has 0 fully saturated rings. The molecule has 0 saturated carbocycles. The average molecular weight is 359 g/mol. The summed E-state index contributed by atoms with van der Waals surface area (Å²) in [6, 6.07) is 9.86. The lowest BCUT2D eigenvalue weighted by atomic mass is 10.1. The molecule has 1 amide bonds. The molecule has 0 radical (unpaired) electrons. The molecule has 0 aliphatic rings. The van der Waals surface area contributed by atoms with Crippen molar-refractivity contribution < 1.29 is 18.0 Å². The maximum Gasteiger partial charge on any atom is 0.274 e. The Balaban J connectivity index is 1.85. The molecule has 26 heavy (non-hydrogen) atoms. The van der Waals surface area contributed by atoms with Crippen LogP contribution >= 0.6 is 0 Å². The van der Waals surface area contributed by atoms with Gasteiger partial charge in [0.2, 0.25) is 0 Å². The minimum atomic E-state index is -0.711. The number of benzene rings is 2. The summed E-state index contributed by atoms with van der Waals surface area (Å²) in [4.78, 5) is 13.9. The Morgan fingerprint density at radius 1 is 1.08 bits per heavy atom. The van der Waals surface area contributed by atoms with E-state index in [4.69, 9.17) is 0 Å². The fraction of sp³-hybridized carbons (Fsp3) is 0.158. The number of carbonyl (C=O) groups is 1. The van der Waals surface area contributed by atoms with Crippen LogP contribution < -0.4 is 0 Å². The molecule has 4 nitrogen and oxygen atoms in total. The molecule has 0 saturated heterocycles. The lowest BCUT2D eigenvalue weighted by Crippen LogP contribution is -2.30. The van der Waals surface area contributed by atoms with Gasteiger partial charge in [0.05, 0.1) is 6.04 Å². The Morgan fingerprint density at radius 3 is 2.54 bits per heavy atom. The fourth-order valence-corrected chi connectivity index (χ4v) is 2.61. The Labute approximate surface area is 148 Å². The maximum absolute atomic E-state index is 14.0. The molecule has 2 aromatic carbocycles. The van der Waals surface area contributed by atoms with E-state index in [1.54, 1.807) is 19.1 Å². The van der Waals surface area contributed by atoms with Gasteiger partial charge in [-0.1, -0.05) is 12.1 Å². The quantitative estimate of drug-likeness (QED) is 0.703. The van der Waals surface area contributed by atoms with Crippen molar-refractivity contribution in [1.29, 1.82) is 0 Å². The van der Waals surface area contributed by atoms with Gasteiger partial charge in [-0.2, -0.15) is 5.10 Å². The van der Waals surface area contributed by atoms with Gasteiger partial charge in [-0.25, -0.2) is 17.9 Å². The second kappa shape index (κ2) is 7.03. The van der Waals surface area contributed by atoms with Crippen molar-refractivity contribution in [2.75, 3.05) is 7.05 Å². The molecular formula is C19H16F3N3O.